The van der Waals surface area contributed by atoms with Gasteiger partial charge in [0.25, 0.3) is 0 Å². The topological polar surface area (TPSA) is 18.5 Å². The summed E-state index contributed by atoms with van der Waals surface area (Å²) in [5, 5.41) is 2.08. The molecule has 58 valence electrons. The molecule has 1 N–H and O–H groups in total. The van der Waals surface area contributed by atoms with E-state index >= 15 is 0 Å². The van der Waals surface area contributed by atoms with Gasteiger partial charge in [0.15, 0.2) is 0 Å². The van der Waals surface area contributed by atoms with Crippen LogP contribution in [0.4, 0.5) is 0 Å². The third kappa shape index (κ3) is 1.02. The molecule has 0 bridgehead atoms. The minimum absolute atomic E-state index is 0.373. The molecule has 1 heterocycles. The van der Waals surface area contributed by atoms with Crippen LogP contribution in [-0.2, 0) is 0 Å². The van der Waals surface area contributed by atoms with Crippen molar-refractivity contribution in [3.05, 3.63) is 12.8 Å². The molecule has 1 rings (SSSR count). The molecule has 3 heteroatoms. The minimum Gasteiger partial charge on any atom is -0.345 e. The highest BCUT2D eigenvalue weighted by Gasteiger charge is 2.27. The monoisotopic (exact) mass is 141 g/mol. The smallest absolute Gasteiger partial charge is 0.0929 e. The van der Waals surface area contributed by atoms with E-state index in [1.165, 1.54) is 0 Å². The van der Waals surface area contributed by atoms with Gasteiger partial charge >= 0.3 is 0 Å². The SMILES string of the molecule is C=CN1C(C)N(C)N[C@@H]1C. The zero-order chi connectivity index (χ0) is 7.72. The summed E-state index contributed by atoms with van der Waals surface area (Å²) < 4.78 is 0. The zero-order valence-electron chi connectivity index (χ0n) is 6.83. The molecule has 0 radical (unpaired) electrons. The highest BCUT2D eigenvalue weighted by atomic mass is 15.7. The van der Waals surface area contributed by atoms with Crippen LogP contribution in [0.5, 0.6) is 0 Å². The largest absolute Gasteiger partial charge is 0.345 e. The Balaban J connectivity index is 2.63. The van der Waals surface area contributed by atoms with E-state index < -0.39 is 0 Å². The Kier molecular flexibility index (Phi) is 1.97. The molecule has 0 aromatic carbocycles. The third-order valence-electron chi connectivity index (χ3n) is 2.04. The summed E-state index contributed by atoms with van der Waals surface area (Å²) in [7, 11) is 2.03. The van der Waals surface area contributed by atoms with Crippen LogP contribution in [0.25, 0.3) is 0 Å². The maximum atomic E-state index is 3.74. The van der Waals surface area contributed by atoms with Crippen molar-refractivity contribution in [2.75, 3.05) is 7.05 Å². The number of nitrogens with zero attached hydrogens (tertiary/aromatic N) is 2. The molecule has 0 aliphatic carbocycles. The van der Waals surface area contributed by atoms with E-state index in [9.17, 15) is 0 Å². The minimum atomic E-state index is 0.373. The van der Waals surface area contributed by atoms with Gasteiger partial charge in [-0.05, 0) is 20.0 Å². The Morgan fingerprint density at radius 1 is 1.50 bits per heavy atom. The molecule has 10 heavy (non-hydrogen) atoms. The second kappa shape index (κ2) is 2.60. The standard InChI is InChI=1S/C7H15N3/c1-5-10-6(2)8-9(4)7(10)3/h5-8H,1H2,2-4H3/t6-,7?/m0/s1. The Morgan fingerprint density at radius 3 is 2.30 bits per heavy atom. The van der Waals surface area contributed by atoms with Gasteiger partial charge in [-0.1, -0.05) is 6.58 Å². The lowest BCUT2D eigenvalue weighted by Crippen LogP contribution is -2.33. The quantitative estimate of drug-likeness (QED) is 0.576. The van der Waals surface area contributed by atoms with Gasteiger partial charge in [0.2, 0.25) is 0 Å². The van der Waals surface area contributed by atoms with Crippen molar-refractivity contribution in [1.29, 1.82) is 0 Å². The predicted octanol–water partition coefficient (Wildman–Crippen LogP) is 0.574. The summed E-state index contributed by atoms with van der Waals surface area (Å²) in [6, 6.07) is 0. The first kappa shape index (κ1) is 7.57. The van der Waals surface area contributed by atoms with Gasteiger partial charge in [0.05, 0.1) is 12.3 Å². The molecule has 0 saturated carbocycles. The van der Waals surface area contributed by atoms with Crippen molar-refractivity contribution in [2.24, 2.45) is 0 Å². The summed E-state index contributed by atoms with van der Waals surface area (Å²) in [6.45, 7) is 7.99. The Morgan fingerprint density at radius 2 is 2.10 bits per heavy atom. The molecule has 3 nitrogen and oxygen atoms in total. The number of nitrogens with one attached hydrogen (secondary N) is 1. The van der Waals surface area contributed by atoms with Gasteiger partial charge in [-0.2, -0.15) is 0 Å². The average molecular weight is 141 g/mol. The summed E-state index contributed by atoms with van der Waals surface area (Å²) in [6.07, 6.45) is 2.65. The van der Waals surface area contributed by atoms with Gasteiger partial charge in [-0.15, -0.1) is 0 Å². The van der Waals surface area contributed by atoms with Crippen LogP contribution >= 0.6 is 0 Å². The maximum absolute atomic E-state index is 3.74. The fourth-order valence-electron chi connectivity index (χ4n) is 1.30. The normalized spacial score (nSPS) is 34.9. The van der Waals surface area contributed by atoms with Gasteiger partial charge in [0.1, 0.15) is 0 Å². The molecule has 1 aliphatic rings. The zero-order valence-corrected chi connectivity index (χ0v) is 6.83. The molecular formula is C7H15N3. The van der Waals surface area contributed by atoms with Crippen molar-refractivity contribution >= 4 is 0 Å². The first-order valence-electron chi connectivity index (χ1n) is 3.56. The molecule has 1 unspecified atom stereocenters. The van der Waals surface area contributed by atoms with E-state index in [0.29, 0.717) is 12.3 Å². The Bertz CT molecular complexity index is 135. The summed E-state index contributed by atoms with van der Waals surface area (Å²) in [5.74, 6) is 0. The molecule has 2 atom stereocenters. The highest BCUT2D eigenvalue weighted by molar-refractivity contribution is 4.84. The summed E-state index contributed by atoms with van der Waals surface area (Å²) >= 11 is 0. The van der Waals surface area contributed by atoms with Crippen LogP contribution < -0.4 is 5.43 Å². The summed E-state index contributed by atoms with van der Waals surface area (Å²) in [4.78, 5) is 2.17. The van der Waals surface area contributed by atoms with Crippen LogP contribution in [0.15, 0.2) is 12.8 Å². The van der Waals surface area contributed by atoms with Crippen LogP contribution in [0, 0.1) is 0 Å². The second-order valence-corrected chi connectivity index (χ2v) is 2.68. The maximum Gasteiger partial charge on any atom is 0.0929 e. The number of hydrazine groups is 1. The van der Waals surface area contributed by atoms with E-state index in [0.717, 1.165) is 0 Å². The molecule has 1 fully saturated rings. The van der Waals surface area contributed by atoms with Crippen molar-refractivity contribution in [2.45, 2.75) is 26.2 Å². The van der Waals surface area contributed by atoms with Gasteiger partial charge in [-0.3, -0.25) is 0 Å². The van der Waals surface area contributed by atoms with Crippen molar-refractivity contribution in [1.82, 2.24) is 15.3 Å². The van der Waals surface area contributed by atoms with Crippen LogP contribution in [0.1, 0.15) is 13.8 Å². The average Bonchev–Trinajstić information content (AvgIpc) is 2.09. The Labute approximate surface area is 62.3 Å². The number of rotatable bonds is 1. The fourth-order valence-corrected chi connectivity index (χ4v) is 1.30. The first-order chi connectivity index (χ1) is 4.66. The molecule has 1 aliphatic heterocycles. The molecule has 0 spiro atoms. The lowest BCUT2D eigenvalue weighted by atomic mass is 10.4. The van der Waals surface area contributed by atoms with E-state index in [1.807, 2.05) is 13.2 Å². The first-order valence-corrected chi connectivity index (χ1v) is 3.56. The number of hydrogen-bond donors (Lipinski definition) is 1. The number of hydrogen-bond acceptors (Lipinski definition) is 3. The highest BCUT2D eigenvalue weighted by Crippen LogP contribution is 2.12. The lowest BCUT2D eigenvalue weighted by molar-refractivity contribution is 0.196. The molecule has 0 aromatic heterocycles. The second-order valence-electron chi connectivity index (χ2n) is 2.68. The van der Waals surface area contributed by atoms with E-state index in [4.69, 9.17) is 0 Å². The van der Waals surface area contributed by atoms with Crippen molar-refractivity contribution in [3.63, 3.8) is 0 Å². The Hall–Kier alpha value is -0.540. The van der Waals surface area contributed by atoms with Crippen molar-refractivity contribution < 1.29 is 0 Å². The molecule has 0 aromatic rings. The van der Waals surface area contributed by atoms with Crippen LogP contribution in [0.2, 0.25) is 0 Å². The summed E-state index contributed by atoms with van der Waals surface area (Å²) in [5.41, 5.74) is 3.26. The molecule has 1 saturated heterocycles. The fraction of sp³-hybridized carbons (Fsp3) is 0.714. The van der Waals surface area contributed by atoms with E-state index in [-0.39, 0.29) is 0 Å². The lowest BCUT2D eigenvalue weighted by Gasteiger charge is -2.22. The van der Waals surface area contributed by atoms with E-state index in [2.05, 4.69) is 35.8 Å². The van der Waals surface area contributed by atoms with Gasteiger partial charge < -0.3 is 4.90 Å². The molecular weight excluding hydrogens is 126 g/mol. The van der Waals surface area contributed by atoms with Crippen molar-refractivity contribution in [3.8, 4) is 0 Å². The van der Waals surface area contributed by atoms with Crippen LogP contribution in [0.3, 0.4) is 0 Å². The predicted molar refractivity (Wildman–Crippen MR) is 41.9 cm³/mol. The third-order valence-corrected chi connectivity index (χ3v) is 2.04. The van der Waals surface area contributed by atoms with Crippen LogP contribution in [-0.4, -0.2) is 29.3 Å². The van der Waals surface area contributed by atoms with Gasteiger partial charge in [0, 0.05) is 7.05 Å². The van der Waals surface area contributed by atoms with Gasteiger partial charge in [-0.25, -0.2) is 10.4 Å². The van der Waals surface area contributed by atoms with E-state index in [1.54, 1.807) is 0 Å². The molecule has 0 amide bonds.